The summed E-state index contributed by atoms with van der Waals surface area (Å²) in [5.74, 6) is -1.46. The minimum atomic E-state index is -4.55. The van der Waals surface area contributed by atoms with E-state index < -0.39 is 41.0 Å². The van der Waals surface area contributed by atoms with E-state index in [2.05, 4.69) is 5.32 Å². The van der Waals surface area contributed by atoms with Gasteiger partial charge in [-0.2, -0.15) is 13.2 Å². The van der Waals surface area contributed by atoms with Crippen LogP contribution in [0.2, 0.25) is 0 Å². The molecule has 0 aromatic heterocycles. The van der Waals surface area contributed by atoms with Crippen LogP contribution in [0.1, 0.15) is 24.0 Å². The molecule has 6 nitrogen and oxygen atoms in total. The molecule has 0 aliphatic carbocycles. The van der Waals surface area contributed by atoms with Crippen molar-refractivity contribution >= 4 is 29.2 Å². The van der Waals surface area contributed by atoms with Crippen LogP contribution in [-0.2, 0) is 22.2 Å². The number of hydrogen-bond acceptors (Lipinski definition) is 4. The summed E-state index contributed by atoms with van der Waals surface area (Å²) in [6.07, 6.45) is -3.53. The maximum atomic E-state index is 13.8. The fourth-order valence-corrected chi connectivity index (χ4v) is 5.08. The van der Waals surface area contributed by atoms with Crippen molar-refractivity contribution in [2.45, 2.75) is 31.5 Å². The molecule has 9 heteroatoms. The molecule has 3 aliphatic rings. The van der Waals surface area contributed by atoms with Crippen LogP contribution < -0.4 is 15.1 Å². The third kappa shape index (κ3) is 2.75. The first kappa shape index (κ1) is 19.6. The Morgan fingerprint density at radius 2 is 1.77 bits per heavy atom. The number of amides is 4. The van der Waals surface area contributed by atoms with Crippen molar-refractivity contribution in [2.75, 3.05) is 16.3 Å². The van der Waals surface area contributed by atoms with Crippen LogP contribution in [0.25, 0.3) is 0 Å². The van der Waals surface area contributed by atoms with Gasteiger partial charge in [0.15, 0.2) is 5.41 Å². The Balaban J connectivity index is 1.66. The molecule has 0 saturated carbocycles. The Morgan fingerprint density at radius 3 is 2.48 bits per heavy atom. The number of barbiturate groups is 1. The molecule has 31 heavy (non-hydrogen) atoms. The van der Waals surface area contributed by atoms with Gasteiger partial charge in [0.1, 0.15) is 0 Å². The van der Waals surface area contributed by atoms with Gasteiger partial charge < -0.3 is 4.90 Å². The third-order valence-corrected chi connectivity index (χ3v) is 6.44. The topological polar surface area (TPSA) is 69.7 Å². The lowest BCUT2D eigenvalue weighted by molar-refractivity contribution is -0.144. The van der Waals surface area contributed by atoms with E-state index in [4.69, 9.17) is 0 Å². The molecule has 2 fully saturated rings. The number of rotatable bonds is 1. The van der Waals surface area contributed by atoms with Crippen molar-refractivity contribution in [1.29, 1.82) is 0 Å². The smallest absolute Gasteiger partial charge is 0.367 e. The van der Waals surface area contributed by atoms with Crippen molar-refractivity contribution in [3.05, 3.63) is 59.7 Å². The Bertz CT molecular complexity index is 1100. The normalized spacial score (nSPS) is 25.5. The Kier molecular flexibility index (Phi) is 4.15. The van der Waals surface area contributed by atoms with Gasteiger partial charge in [0, 0.05) is 12.2 Å². The van der Waals surface area contributed by atoms with Gasteiger partial charge in [-0.1, -0.05) is 18.2 Å². The van der Waals surface area contributed by atoms with Crippen LogP contribution in [0.5, 0.6) is 0 Å². The molecule has 2 aromatic carbocycles. The Labute approximate surface area is 175 Å². The van der Waals surface area contributed by atoms with Gasteiger partial charge >= 0.3 is 12.2 Å². The zero-order valence-electron chi connectivity index (χ0n) is 16.3. The van der Waals surface area contributed by atoms with Crippen LogP contribution in [0.4, 0.5) is 29.3 Å². The zero-order valence-corrected chi connectivity index (χ0v) is 16.3. The van der Waals surface area contributed by atoms with E-state index in [1.165, 1.54) is 6.07 Å². The number of imide groups is 2. The van der Waals surface area contributed by atoms with Gasteiger partial charge in [-0.15, -0.1) is 0 Å². The van der Waals surface area contributed by atoms with Gasteiger partial charge in [0.05, 0.1) is 17.3 Å². The number of carbonyl (C=O) groups is 3. The predicted octanol–water partition coefficient (Wildman–Crippen LogP) is 3.50. The SMILES string of the molecule is O=C1NC(=O)[C@@]2(Cc3cc(C(F)(F)F)ccc3N3CCC[C@@H]32)C(=O)N1c1ccccc1. The first-order valence-electron chi connectivity index (χ1n) is 9.95. The summed E-state index contributed by atoms with van der Waals surface area (Å²) in [7, 11) is 0. The van der Waals surface area contributed by atoms with Crippen LogP contribution >= 0.6 is 0 Å². The molecule has 160 valence electrons. The van der Waals surface area contributed by atoms with Crippen molar-refractivity contribution in [2.24, 2.45) is 5.41 Å². The molecular formula is C22H18F3N3O3. The van der Waals surface area contributed by atoms with Crippen molar-refractivity contribution in [1.82, 2.24) is 5.32 Å². The molecular weight excluding hydrogens is 411 g/mol. The number of para-hydroxylation sites is 1. The van der Waals surface area contributed by atoms with Gasteiger partial charge in [-0.3, -0.25) is 14.9 Å². The van der Waals surface area contributed by atoms with Gasteiger partial charge in [-0.25, -0.2) is 9.69 Å². The summed E-state index contributed by atoms with van der Waals surface area (Å²) < 4.78 is 40.0. The van der Waals surface area contributed by atoms with E-state index in [1.54, 1.807) is 30.3 Å². The maximum absolute atomic E-state index is 13.8. The molecule has 4 amide bonds. The second-order valence-corrected chi connectivity index (χ2v) is 8.08. The summed E-state index contributed by atoms with van der Waals surface area (Å²) >= 11 is 0. The molecule has 2 saturated heterocycles. The molecule has 1 spiro atoms. The number of carbonyl (C=O) groups excluding carboxylic acids is 3. The van der Waals surface area contributed by atoms with Crippen LogP contribution in [0.3, 0.4) is 0 Å². The highest BCUT2D eigenvalue weighted by Gasteiger charge is 2.63. The second kappa shape index (κ2) is 6.57. The number of nitrogens with one attached hydrogen (secondary N) is 1. The predicted molar refractivity (Wildman–Crippen MR) is 105 cm³/mol. The Hall–Kier alpha value is -3.36. The molecule has 0 unspecified atom stereocenters. The van der Waals surface area contributed by atoms with Crippen LogP contribution in [0.15, 0.2) is 48.5 Å². The minimum absolute atomic E-state index is 0.200. The first-order valence-corrected chi connectivity index (χ1v) is 9.95. The third-order valence-electron chi connectivity index (χ3n) is 6.44. The minimum Gasteiger partial charge on any atom is -0.367 e. The summed E-state index contributed by atoms with van der Waals surface area (Å²) in [6, 6.07) is 10.2. The number of anilines is 2. The van der Waals surface area contributed by atoms with Crippen LogP contribution in [-0.4, -0.2) is 30.4 Å². The monoisotopic (exact) mass is 429 g/mol. The van der Waals surface area contributed by atoms with Gasteiger partial charge in [0.2, 0.25) is 5.91 Å². The molecule has 1 N–H and O–H groups in total. The molecule has 3 aliphatic heterocycles. The lowest BCUT2D eigenvalue weighted by atomic mass is 9.68. The highest BCUT2D eigenvalue weighted by molar-refractivity contribution is 6.30. The highest BCUT2D eigenvalue weighted by Crippen LogP contribution is 2.49. The number of nitrogens with zero attached hydrogens (tertiary/aromatic N) is 2. The van der Waals surface area contributed by atoms with E-state index in [-0.39, 0.29) is 12.0 Å². The maximum Gasteiger partial charge on any atom is 0.416 e. The van der Waals surface area contributed by atoms with Gasteiger partial charge in [0.25, 0.3) is 5.91 Å². The van der Waals surface area contributed by atoms with Gasteiger partial charge in [-0.05, 0) is 55.2 Å². The summed E-state index contributed by atoms with van der Waals surface area (Å²) in [6.45, 7) is 0.518. The highest BCUT2D eigenvalue weighted by atomic mass is 19.4. The lowest BCUT2D eigenvalue weighted by Crippen LogP contribution is -2.71. The average molecular weight is 429 g/mol. The fraction of sp³-hybridized carbons (Fsp3) is 0.318. The fourth-order valence-electron chi connectivity index (χ4n) is 5.08. The second-order valence-electron chi connectivity index (χ2n) is 8.08. The summed E-state index contributed by atoms with van der Waals surface area (Å²) in [5, 5.41) is 2.29. The number of benzene rings is 2. The first-order chi connectivity index (χ1) is 14.7. The number of fused-ring (bicyclic) bond motifs is 4. The van der Waals surface area contributed by atoms with E-state index in [0.717, 1.165) is 17.0 Å². The zero-order chi connectivity index (χ0) is 22.0. The standard InChI is InChI=1S/C22H18F3N3O3/c23-22(24,25)14-8-9-16-13(11-14)12-21(17-7-4-10-27(16)17)18(29)26-20(31)28(19(21)30)15-5-2-1-3-6-15/h1-3,5-6,8-9,11,17H,4,7,10,12H2,(H,26,29,31)/t17-,21+/m1/s1. The van der Waals surface area contributed by atoms with E-state index >= 15 is 0 Å². The molecule has 2 atom stereocenters. The Morgan fingerprint density at radius 1 is 1.03 bits per heavy atom. The number of alkyl halides is 3. The quantitative estimate of drug-likeness (QED) is 0.705. The van der Waals surface area contributed by atoms with E-state index in [9.17, 15) is 27.6 Å². The summed E-state index contributed by atoms with van der Waals surface area (Å²) in [4.78, 5) is 42.3. The van der Waals surface area contributed by atoms with Crippen molar-refractivity contribution in [3.63, 3.8) is 0 Å². The largest absolute Gasteiger partial charge is 0.416 e. The molecule has 3 heterocycles. The van der Waals surface area contributed by atoms with E-state index in [1.807, 2.05) is 4.90 Å². The summed E-state index contributed by atoms with van der Waals surface area (Å²) in [5.41, 5.74) is -1.34. The molecule has 0 bridgehead atoms. The number of halogens is 3. The average Bonchev–Trinajstić information content (AvgIpc) is 3.22. The lowest BCUT2D eigenvalue weighted by Gasteiger charge is -2.49. The van der Waals surface area contributed by atoms with Crippen molar-refractivity contribution in [3.8, 4) is 0 Å². The number of urea groups is 1. The molecule has 5 rings (SSSR count). The molecule has 2 aromatic rings. The van der Waals surface area contributed by atoms with E-state index in [0.29, 0.717) is 30.8 Å². The molecule has 0 radical (unpaired) electrons. The van der Waals surface area contributed by atoms with Crippen molar-refractivity contribution < 1.29 is 27.6 Å². The van der Waals surface area contributed by atoms with Crippen LogP contribution in [0, 0.1) is 5.41 Å². The number of hydrogen-bond donors (Lipinski definition) is 1.